The summed E-state index contributed by atoms with van der Waals surface area (Å²) in [6, 6.07) is 10.8. The van der Waals surface area contributed by atoms with Crippen molar-refractivity contribution in [1.29, 1.82) is 0 Å². The van der Waals surface area contributed by atoms with Crippen LogP contribution in [0.15, 0.2) is 42.5 Å². The van der Waals surface area contributed by atoms with Crippen LogP contribution in [0, 0.1) is 17.0 Å². The van der Waals surface area contributed by atoms with Gasteiger partial charge in [0.2, 0.25) is 0 Å². The second-order valence-electron chi connectivity index (χ2n) is 4.34. The zero-order chi connectivity index (χ0) is 14.7. The van der Waals surface area contributed by atoms with Gasteiger partial charge in [0.25, 0.3) is 11.6 Å². The van der Waals surface area contributed by atoms with E-state index in [9.17, 15) is 14.9 Å². The van der Waals surface area contributed by atoms with Crippen LogP contribution in [0.2, 0.25) is 0 Å². The monoisotopic (exact) mass is 271 g/mol. The van der Waals surface area contributed by atoms with Crippen molar-refractivity contribution in [1.82, 2.24) is 0 Å². The molecule has 6 heteroatoms. The largest absolute Gasteiger partial charge is 0.399 e. The number of nitrogens with one attached hydrogen (secondary N) is 1. The number of carbonyl (C=O) groups excluding carboxylic acids is 1. The van der Waals surface area contributed by atoms with Crippen LogP contribution in [-0.2, 0) is 0 Å². The van der Waals surface area contributed by atoms with Gasteiger partial charge < -0.3 is 11.1 Å². The number of rotatable bonds is 3. The Labute approximate surface area is 115 Å². The van der Waals surface area contributed by atoms with Gasteiger partial charge in [0, 0.05) is 23.4 Å². The van der Waals surface area contributed by atoms with Gasteiger partial charge in [-0.2, -0.15) is 0 Å². The maximum absolute atomic E-state index is 12.1. The molecule has 0 atom stereocenters. The second kappa shape index (κ2) is 5.40. The quantitative estimate of drug-likeness (QED) is 0.509. The summed E-state index contributed by atoms with van der Waals surface area (Å²) in [6.07, 6.45) is 0. The Kier molecular flexibility index (Phi) is 3.65. The Morgan fingerprint density at radius 3 is 2.65 bits per heavy atom. The lowest BCUT2D eigenvalue weighted by atomic mass is 10.1. The number of nitro groups is 1. The highest BCUT2D eigenvalue weighted by Gasteiger charge is 2.12. The van der Waals surface area contributed by atoms with Crippen molar-refractivity contribution in [3.8, 4) is 0 Å². The van der Waals surface area contributed by atoms with Gasteiger partial charge in [-0.25, -0.2) is 0 Å². The summed E-state index contributed by atoms with van der Waals surface area (Å²) in [5.41, 5.74) is 7.57. The fourth-order valence-corrected chi connectivity index (χ4v) is 1.73. The number of benzene rings is 2. The van der Waals surface area contributed by atoms with Gasteiger partial charge >= 0.3 is 0 Å². The maximum Gasteiger partial charge on any atom is 0.271 e. The van der Waals surface area contributed by atoms with E-state index in [1.54, 1.807) is 37.3 Å². The number of carbonyl (C=O) groups is 1. The SMILES string of the molecule is Cc1ccc([N+](=O)[O-])cc1NC(=O)c1cccc(N)c1. The van der Waals surface area contributed by atoms with E-state index in [4.69, 9.17) is 5.73 Å². The van der Waals surface area contributed by atoms with Crippen LogP contribution in [0.3, 0.4) is 0 Å². The molecular weight excluding hydrogens is 258 g/mol. The molecule has 0 fully saturated rings. The number of hydrogen-bond acceptors (Lipinski definition) is 4. The summed E-state index contributed by atoms with van der Waals surface area (Å²) in [7, 11) is 0. The molecule has 102 valence electrons. The molecule has 0 aliphatic rings. The summed E-state index contributed by atoms with van der Waals surface area (Å²) in [5, 5.41) is 13.4. The summed E-state index contributed by atoms with van der Waals surface area (Å²) < 4.78 is 0. The first-order valence-corrected chi connectivity index (χ1v) is 5.89. The molecule has 20 heavy (non-hydrogen) atoms. The molecule has 2 aromatic rings. The van der Waals surface area contributed by atoms with Crippen LogP contribution < -0.4 is 11.1 Å². The molecule has 2 aromatic carbocycles. The highest BCUT2D eigenvalue weighted by molar-refractivity contribution is 6.05. The average molecular weight is 271 g/mol. The number of aryl methyl sites for hydroxylation is 1. The van der Waals surface area contributed by atoms with Gasteiger partial charge in [0.05, 0.1) is 10.6 Å². The number of nitrogens with zero attached hydrogens (tertiary/aromatic N) is 1. The highest BCUT2D eigenvalue weighted by atomic mass is 16.6. The Hall–Kier alpha value is -2.89. The predicted octanol–water partition coefficient (Wildman–Crippen LogP) is 2.74. The van der Waals surface area contributed by atoms with E-state index < -0.39 is 4.92 Å². The van der Waals surface area contributed by atoms with Crippen molar-refractivity contribution < 1.29 is 9.72 Å². The molecule has 3 N–H and O–H groups in total. The van der Waals surface area contributed by atoms with Crippen molar-refractivity contribution in [2.45, 2.75) is 6.92 Å². The van der Waals surface area contributed by atoms with E-state index in [0.717, 1.165) is 5.56 Å². The van der Waals surface area contributed by atoms with Crippen molar-refractivity contribution >= 4 is 23.0 Å². The lowest BCUT2D eigenvalue weighted by Crippen LogP contribution is -2.13. The average Bonchev–Trinajstić information content (AvgIpc) is 2.41. The minimum absolute atomic E-state index is 0.0709. The molecule has 2 rings (SSSR count). The summed E-state index contributed by atoms with van der Waals surface area (Å²) >= 11 is 0. The number of nitrogen functional groups attached to an aromatic ring is 1. The number of nitrogens with two attached hydrogens (primary N) is 1. The molecule has 0 aliphatic carbocycles. The number of anilines is 2. The van der Waals surface area contributed by atoms with Crippen molar-refractivity contribution in [3.05, 3.63) is 63.7 Å². The third-order valence-electron chi connectivity index (χ3n) is 2.83. The predicted molar refractivity (Wildman–Crippen MR) is 76.6 cm³/mol. The summed E-state index contributed by atoms with van der Waals surface area (Å²) in [6.45, 7) is 1.76. The molecule has 0 saturated carbocycles. The first-order chi connectivity index (χ1) is 9.47. The molecule has 0 saturated heterocycles. The number of hydrogen-bond donors (Lipinski definition) is 2. The van der Waals surface area contributed by atoms with Crippen LogP contribution >= 0.6 is 0 Å². The fourth-order valence-electron chi connectivity index (χ4n) is 1.73. The molecule has 0 bridgehead atoms. The normalized spacial score (nSPS) is 10.1. The molecule has 0 aliphatic heterocycles. The minimum Gasteiger partial charge on any atom is -0.399 e. The zero-order valence-electron chi connectivity index (χ0n) is 10.8. The van der Waals surface area contributed by atoms with Gasteiger partial charge in [-0.15, -0.1) is 0 Å². The molecule has 0 spiro atoms. The molecule has 0 heterocycles. The molecule has 1 amide bonds. The molecule has 0 radical (unpaired) electrons. The van der Waals surface area contributed by atoms with Gasteiger partial charge in [0.1, 0.15) is 0 Å². The lowest BCUT2D eigenvalue weighted by molar-refractivity contribution is -0.384. The maximum atomic E-state index is 12.1. The van der Waals surface area contributed by atoms with Crippen molar-refractivity contribution in [2.75, 3.05) is 11.1 Å². The van der Waals surface area contributed by atoms with Crippen LogP contribution in [0.25, 0.3) is 0 Å². The molecule has 6 nitrogen and oxygen atoms in total. The fraction of sp³-hybridized carbons (Fsp3) is 0.0714. The van der Waals surface area contributed by atoms with Gasteiger partial charge in [-0.3, -0.25) is 14.9 Å². The van der Waals surface area contributed by atoms with E-state index in [0.29, 0.717) is 16.9 Å². The van der Waals surface area contributed by atoms with E-state index in [-0.39, 0.29) is 11.6 Å². The van der Waals surface area contributed by atoms with Crippen LogP contribution in [0.4, 0.5) is 17.1 Å². The number of amides is 1. The smallest absolute Gasteiger partial charge is 0.271 e. The van der Waals surface area contributed by atoms with Gasteiger partial charge in [-0.1, -0.05) is 12.1 Å². The first kappa shape index (κ1) is 13.5. The molecule has 0 unspecified atom stereocenters. The first-order valence-electron chi connectivity index (χ1n) is 5.89. The lowest BCUT2D eigenvalue weighted by Gasteiger charge is -2.08. The van der Waals surface area contributed by atoms with Crippen molar-refractivity contribution in [3.63, 3.8) is 0 Å². The zero-order valence-corrected chi connectivity index (χ0v) is 10.8. The Bertz CT molecular complexity index is 683. The third-order valence-corrected chi connectivity index (χ3v) is 2.83. The third kappa shape index (κ3) is 2.92. The summed E-state index contributed by atoms with van der Waals surface area (Å²) in [4.78, 5) is 22.3. The minimum atomic E-state index is -0.504. The molecular formula is C14H13N3O3. The van der Waals surface area contributed by atoms with E-state index in [2.05, 4.69) is 5.32 Å². The van der Waals surface area contributed by atoms with Crippen LogP contribution in [-0.4, -0.2) is 10.8 Å². The Morgan fingerprint density at radius 2 is 2.00 bits per heavy atom. The van der Waals surface area contributed by atoms with E-state index in [1.807, 2.05) is 0 Å². The molecule has 0 aromatic heterocycles. The van der Waals surface area contributed by atoms with Gasteiger partial charge in [0.15, 0.2) is 0 Å². The van der Waals surface area contributed by atoms with E-state index in [1.165, 1.54) is 12.1 Å². The summed E-state index contributed by atoms with van der Waals surface area (Å²) in [5.74, 6) is -0.360. The Balaban J connectivity index is 2.27. The van der Waals surface area contributed by atoms with Crippen LogP contribution in [0.5, 0.6) is 0 Å². The van der Waals surface area contributed by atoms with Gasteiger partial charge in [-0.05, 0) is 30.7 Å². The van der Waals surface area contributed by atoms with E-state index >= 15 is 0 Å². The Morgan fingerprint density at radius 1 is 1.25 bits per heavy atom. The number of non-ortho nitro benzene ring substituents is 1. The second-order valence-corrected chi connectivity index (χ2v) is 4.34. The topological polar surface area (TPSA) is 98.3 Å². The highest BCUT2D eigenvalue weighted by Crippen LogP contribution is 2.22. The van der Waals surface area contributed by atoms with Crippen molar-refractivity contribution in [2.24, 2.45) is 0 Å². The van der Waals surface area contributed by atoms with Crippen LogP contribution in [0.1, 0.15) is 15.9 Å². The number of nitro benzene ring substituents is 1. The standard InChI is InChI=1S/C14H13N3O3/c1-9-5-6-12(17(19)20)8-13(9)16-14(18)10-3-2-4-11(15)7-10/h2-8H,15H2,1H3,(H,16,18).